The van der Waals surface area contributed by atoms with Crippen molar-refractivity contribution >= 4 is 18.3 Å². The van der Waals surface area contributed by atoms with Crippen molar-refractivity contribution < 1.29 is 9.53 Å². The van der Waals surface area contributed by atoms with Crippen molar-refractivity contribution in [2.45, 2.75) is 38.3 Å². The van der Waals surface area contributed by atoms with Crippen LogP contribution >= 0.6 is 12.4 Å². The normalized spacial score (nSPS) is 19.3. The second kappa shape index (κ2) is 10.2. The molecule has 0 heterocycles. The van der Waals surface area contributed by atoms with E-state index in [2.05, 4.69) is 5.32 Å². The summed E-state index contributed by atoms with van der Waals surface area (Å²) in [5.41, 5.74) is 7.78. The Labute approximate surface area is 161 Å². The van der Waals surface area contributed by atoms with Gasteiger partial charge in [-0.15, -0.1) is 12.4 Å². The number of amides is 1. The molecule has 4 nitrogen and oxygen atoms in total. The molecule has 2 atom stereocenters. The summed E-state index contributed by atoms with van der Waals surface area (Å²) in [7, 11) is 0. The zero-order valence-electron chi connectivity index (χ0n) is 14.9. The molecule has 2 aromatic carbocycles. The third-order valence-electron chi connectivity index (χ3n) is 4.74. The minimum Gasteiger partial charge on any atom is -0.489 e. The quantitative estimate of drug-likeness (QED) is 0.805. The highest BCUT2D eigenvalue weighted by molar-refractivity contribution is 5.94. The third kappa shape index (κ3) is 6.04. The van der Waals surface area contributed by atoms with Gasteiger partial charge in [0.2, 0.25) is 0 Å². The van der Waals surface area contributed by atoms with Crippen LogP contribution in [0.3, 0.4) is 0 Å². The van der Waals surface area contributed by atoms with Gasteiger partial charge in [0.15, 0.2) is 0 Å². The van der Waals surface area contributed by atoms with E-state index in [1.165, 1.54) is 0 Å². The maximum absolute atomic E-state index is 12.3. The summed E-state index contributed by atoms with van der Waals surface area (Å²) in [5.74, 6) is 1.23. The van der Waals surface area contributed by atoms with Crippen LogP contribution in [0.2, 0.25) is 0 Å². The Bertz CT molecular complexity index is 676. The topological polar surface area (TPSA) is 64.3 Å². The molecule has 0 aromatic heterocycles. The number of carbonyl (C=O) groups excluding carboxylic acids is 1. The van der Waals surface area contributed by atoms with Gasteiger partial charge in [0.25, 0.3) is 5.91 Å². The van der Waals surface area contributed by atoms with Crippen molar-refractivity contribution in [1.82, 2.24) is 5.32 Å². The Morgan fingerprint density at radius 1 is 1.08 bits per heavy atom. The number of rotatable bonds is 6. The van der Waals surface area contributed by atoms with Gasteiger partial charge in [0.05, 0.1) is 0 Å². The van der Waals surface area contributed by atoms with Crippen LogP contribution in [0.25, 0.3) is 0 Å². The second-order valence-corrected chi connectivity index (χ2v) is 6.80. The molecule has 1 aliphatic carbocycles. The highest BCUT2D eigenvalue weighted by Crippen LogP contribution is 2.22. The van der Waals surface area contributed by atoms with E-state index in [0.29, 0.717) is 24.6 Å². The smallest absolute Gasteiger partial charge is 0.251 e. The van der Waals surface area contributed by atoms with Gasteiger partial charge in [0, 0.05) is 18.2 Å². The van der Waals surface area contributed by atoms with Gasteiger partial charge in [-0.25, -0.2) is 0 Å². The van der Waals surface area contributed by atoms with Crippen molar-refractivity contribution in [2.75, 3.05) is 6.54 Å². The monoisotopic (exact) mass is 374 g/mol. The number of ether oxygens (including phenoxy) is 1. The van der Waals surface area contributed by atoms with Crippen molar-refractivity contribution in [3.05, 3.63) is 65.7 Å². The first-order valence-corrected chi connectivity index (χ1v) is 9.01. The van der Waals surface area contributed by atoms with E-state index in [9.17, 15) is 4.79 Å². The highest BCUT2D eigenvalue weighted by Gasteiger charge is 2.19. The van der Waals surface area contributed by atoms with Gasteiger partial charge in [-0.3, -0.25) is 4.79 Å². The minimum atomic E-state index is -0.0336. The van der Waals surface area contributed by atoms with Gasteiger partial charge >= 0.3 is 0 Å². The van der Waals surface area contributed by atoms with Gasteiger partial charge in [0.1, 0.15) is 12.4 Å². The molecule has 0 saturated heterocycles. The largest absolute Gasteiger partial charge is 0.489 e. The van der Waals surface area contributed by atoms with Crippen LogP contribution < -0.4 is 15.8 Å². The predicted octanol–water partition coefficient (Wildman–Crippen LogP) is 3.93. The fourth-order valence-electron chi connectivity index (χ4n) is 3.30. The molecule has 1 aliphatic rings. The summed E-state index contributed by atoms with van der Waals surface area (Å²) in [6.07, 6.45) is 4.43. The first-order chi connectivity index (χ1) is 12.2. The third-order valence-corrected chi connectivity index (χ3v) is 4.74. The van der Waals surface area contributed by atoms with Gasteiger partial charge in [-0.2, -0.15) is 0 Å². The Morgan fingerprint density at radius 2 is 1.81 bits per heavy atom. The molecule has 0 aliphatic heterocycles. The molecule has 3 rings (SSSR count). The van der Waals surface area contributed by atoms with E-state index in [1.807, 2.05) is 54.6 Å². The van der Waals surface area contributed by atoms with Crippen molar-refractivity contribution in [3.63, 3.8) is 0 Å². The Hall–Kier alpha value is -2.04. The average molecular weight is 375 g/mol. The number of carbonyl (C=O) groups is 1. The summed E-state index contributed by atoms with van der Waals surface area (Å²) >= 11 is 0. The van der Waals surface area contributed by atoms with Crippen molar-refractivity contribution in [2.24, 2.45) is 11.7 Å². The van der Waals surface area contributed by atoms with Crippen LogP contribution in [-0.2, 0) is 6.61 Å². The number of hydrogen-bond donors (Lipinski definition) is 2. The molecule has 3 N–H and O–H groups in total. The lowest BCUT2D eigenvalue weighted by Crippen LogP contribution is -2.35. The van der Waals surface area contributed by atoms with E-state index in [0.717, 1.165) is 37.0 Å². The van der Waals surface area contributed by atoms with Crippen molar-refractivity contribution in [1.29, 1.82) is 0 Å². The summed E-state index contributed by atoms with van der Waals surface area (Å²) in [4.78, 5) is 12.3. The molecule has 0 bridgehead atoms. The van der Waals surface area contributed by atoms with Crippen LogP contribution in [-0.4, -0.2) is 18.5 Å². The number of halogens is 1. The van der Waals surface area contributed by atoms with E-state index in [1.54, 1.807) is 0 Å². The molecular weight excluding hydrogens is 348 g/mol. The number of nitrogens with one attached hydrogen (secondary N) is 1. The lowest BCUT2D eigenvalue weighted by Gasteiger charge is -2.26. The molecule has 0 spiro atoms. The van der Waals surface area contributed by atoms with E-state index < -0.39 is 0 Å². The molecular formula is C21H27ClN2O2. The Balaban J connectivity index is 0.00000243. The Kier molecular flexibility index (Phi) is 7.95. The molecule has 1 saturated carbocycles. The molecule has 5 heteroatoms. The maximum atomic E-state index is 12.3. The van der Waals surface area contributed by atoms with Crippen LogP contribution in [0.15, 0.2) is 54.6 Å². The Morgan fingerprint density at radius 3 is 2.50 bits per heavy atom. The molecule has 2 aromatic rings. The minimum absolute atomic E-state index is 0. The molecule has 1 fully saturated rings. The standard InChI is InChI=1S/C21H26N2O2.ClH/c22-19-8-4-7-17(13-19)14-23-21(24)18-9-11-20(12-10-18)25-15-16-5-2-1-3-6-16;/h1-3,5-6,9-12,17,19H,4,7-8,13-15,22H2,(H,23,24);1H. The molecule has 140 valence electrons. The van der Waals surface area contributed by atoms with Crippen LogP contribution in [0.1, 0.15) is 41.6 Å². The average Bonchev–Trinajstić information content (AvgIpc) is 2.66. The number of nitrogens with two attached hydrogens (primary N) is 1. The molecule has 1 amide bonds. The maximum Gasteiger partial charge on any atom is 0.251 e. The van der Waals surface area contributed by atoms with E-state index in [-0.39, 0.29) is 24.4 Å². The SMILES string of the molecule is Cl.NC1CCCC(CNC(=O)c2ccc(OCc3ccccc3)cc2)C1. The second-order valence-electron chi connectivity index (χ2n) is 6.80. The fraction of sp³-hybridized carbons (Fsp3) is 0.381. The fourth-order valence-corrected chi connectivity index (χ4v) is 3.30. The molecule has 2 unspecified atom stereocenters. The predicted molar refractivity (Wildman–Crippen MR) is 107 cm³/mol. The zero-order valence-corrected chi connectivity index (χ0v) is 15.7. The summed E-state index contributed by atoms with van der Waals surface area (Å²) in [6, 6.07) is 17.6. The summed E-state index contributed by atoms with van der Waals surface area (Å²) < 4.78 is 5.75. The first kappa shape index (κ1) is 20.3. The first-order valence-electron chi connectivity index (χ1n) is 9.01. The molecule has 0 radical (unpaired) electrons. The molecule has 26 heavy (non-hydrogen) atoms. The van der Waals surface area contributed by atoms with Crippen LogP contribution in [0.5, 0.6) is 5.75 Å². The van der Waals surface area contributed by atoms with Crippen LogP contribution in [0, 0.1) is 5.92 Å². The lowest BCUT2D eigenvalue weighted by molar-refractivity contribution is 0.0942. The van der Waals surface area contributed by atoms with Gasteiger partial charge in [-0.05, 0) is 55.0 Å². The lowest BCUT2D eigenvalue weighted by atomic mass is 9.86. The summed E-state index contributed by atoms with van der Waals surface area (Å²) in [6.45, 7) is 1.23. The van der Waals surface area contributed by atoms with Gasteiger partial charge < -0.3 is 15.8 Å². The summed E-state index contributed by atoms with van der Waals surface area (Å²) in [5, 5.41) is 3.03. The van der Waals surface area contributed by atoms with E-state index >= 15 is 0 Å². The highest BCUT2D eigenvalue weighted by atomic mass is 35.5. The zero-order chi connectivity index (χ0) is 17.5. The number of benzene rings is 2. The number of hydrogen-bond acceptors (Lipinski definition) is 3. The van der Waals surface area contributed by atoms with E-state index in [4.69, 9.17) is 10.5 Å². The van der Waals surface area contributed by atoms with Crippen molar-refractivity contribution in [3.8, 4) is 5.75 Å². The van der Waals surface area contributed by atoms with Gasteiger partial charge in [-0.1, -0.05) is 36.8 Å². The van der Waals surface area contributed by atoms with Crippen LogP contribution in [0.4, 0.5) is 0 Å².